The second kappa shape index (κ2) is 7.34. The van der Waals surface area contributed by atoms with Gasteiger partial charge in [0.1, 0.15) is 0 Å². The lowest BCUT2D eigenvalue weighted by molar-refractivity contribution is 0.0600. The minimum absolute atomic E-state index is 0.275. The van der Waals surface area contributed by atoms with Gasteiger partial charge in [-0.2, -0.15) is 0 Å². The lowest BCUT2D eigenvalue weighted by atomic mass is 10.1. The molecule has 0 saturated heterocycles. The van der Waals surface area contributed by atoms with Gasteiger partial charge in [0, 0.05) is 5.56 Å². The zero-order chi connectivity index (χ0) is 14.3. The standard InChI is InChI=1S/C15H17NO3/c1-3-4-13(16)9-10-14(17)11-5-7-12(8-6-11)15(18)19-2/h5-8,13H,3-4,16H2,1-2H3. The maximum Gasteiger partial charge on any atom is 0.337 e. The van der Waals surface area contributed by atoms with Crippen molar-refractivity contribution >= 4 is 11.8 Å². The summed E-state index contributed by atoms with van der Waals surface area (Å²) in [6.07, 6.45) is 1.69. The number of esters is 1. The largest absolute Gasteiger partial charge is 0.465 e. The van der Waals surface area contributed by atoms with Crippen LogP contribution < -0.4 is 5.73 Å². The molecule has 100 valence electrons. The van der Waals surface area contributed by atoms with E-state index in [2.05, 4.69) is 16.6 Å². The minimum Gasteiger partial charge on any atom is -0.465 e. The van der Waals surface area contributed by atoms with Gasteiger partial charge in [-0.25, -0.2) is 4.79 Å². The second-order valence-electron chi connectivity index (χ2n) is 4.06. The van der Waals surface area contributed by atoms with E-state index in [1.807, 2.05) is 6.92 Å². The molecule has 0 radical (unpaired) electrons. The summed E-state index contributed by atoms with van der Waals surface area (Å²) in [7, 11) is 1.31. The molecule has 0 amide bonds. The zero-order valence-electron chi connectivity index (χ0n) is 11.1. The van der Waals surface area contributed by atoms with Crippen molar-refractivity contribution in [1.82, 2.24) is 0 Å². The first kappa shape index (κ1) is 14.9. The van der Waals surface area contributed by atoms with Crippen molar-refractivity contribution in [3.05, 3.63) is 35.4 Å². The Bertz CT molecular complexity index is 508. The normalized spacial score (nSPS) is 11.1. The van der Waals surface area contributed by atoms with E-state index >= 15 is 0 Å². The summed E-state index contributed by atoms with van der Waals surface area (Å²) >= 11 is 0. The van der Waals surface area contributed by atoms with E-state index in [0.29, 0.717) is 11.1 Å². The van der Waals surface area contributed by atoms with Crippen LogP contribution in [0.25, 0.3) is 0 Å². The number of methoxy groups -OCH3 is 1. The van der Waals surface area contributed by atoms with Crippen molar-refractivity contribution in [2.75, 3.05) is 7.11 Å². The first-order chi connectivity index (χ1) is 9.08. The minimum atomic E-state index is -0.435. The third-order valence-corrected chi connectivity index (χ3v) is 2.54. The average molecular weight is 259 g/mol. The summed E-state index contributed by atoms with van der Waals surface area (Å²) in [6.45, 7) is 2.01. The summed E-state index contributed by atoms with van der Waals surface area (Å²) < 4.78 is 4.57. The molecule has 0 saturated carbocycles. The maximum absolute atomic E-state index is 11.8. The third-order valence-electron chi connectivity index (χ3n) is 2.54. The van der Waals surface area contributed by atoms with Crippen LogP contribution in [0.3, 0.4) is 0 Å². The van der Waals surface area contributed by atoms with Crippen LogP contribution in [-0.2, 0) is 4.74 Å². The monoisotopic (exact) mass is 259 g/mol. The summed E-state index contributed by atoms with van der Waals surface area (Å²) in [4.78, 5) is 23.0. The van der Waals surface area contributed by atoms with Gasteiger partial charge in [-0.15, -0.1) is 0 Å². The van der Waals surface area contributed by atoms with E-state index in [1.54, 1.807) is 12.1 Å². The van der Waals surface area contributed by atoms with Crippen LogP contribution in [0.2, 0.25) is 0 Å². The van der Waals surface area contributed by atoms with E-state index in [1.165, 1.54) is 19.2 Å². The summed E-state index contributed by atoms with van der Waals surface area (Å²) in [5.74, 6) is 4.50. The molecule has 0 aliphatic heterocycles. The Morgan fingerprint density at radius 1 is 1.26 bits per heavy atom. The van der Waals surface area contributed by atoms with Gasteiger partial charge >= 0.3 is 5.97 Å². The molecule has 19 heavy (non-hydrogen) atoms. The van der Waals surface area contributed by atoms with Crippen molar-refractivity contribution in [1.29, 1.82) is 0 Å². The van der Waals surface area contributed by atoms with Gasteiger partial charge in [0.05, 0.1) is 18.7 Å². The second-order valence-corrected chi connectivity index (χ2v) is 4.06. The van der Waals surface area contributed by atoms with Crippen molar-refractivity contribution in [3.8, 4) is 11.8 Å². The number of rotatable bonds is 4. The number of benzene rings is 1. The van der Waals surface area contributed by atoms with Gasteiger partial charge in [-0.3, -0.25) is 4.79 Å². The highest BCUT2D eigenvalue weighted by atomic mass is 16.5. The van der Waals surface area contributed by atoms with Gasteiger partial charge in [0.25, 0.3) is 0 Å². The topological polar surface area (TPSA) is 69.4 Å². The van der Waals surface area contributed by atoms with Crippen LogP contribution in [0, 0.1) is 11.8 Å². The molecule has 1 atom stereocenters. The number of hydrogen-bond donors (Lipinski definition) is 1. The Morgan fingerprint density at radius 3 is 2.37 bits per heavy atom. The molecule has 0 bridgehead atoms. The molecule has 0 aliphatic rings. The Hall–Kier alpha value is -2.12. The Balaban J connectivity index is 2.76. The van der Waals surface area contributed by atoms with Crippen molar-refractivity contribution in [3.63, 3.8) is 0 Å². The molecule has 1 aromatic rings. The Kier molecular flexibility index (Phi) is 5.77. The molecule has 2 N–H and O–H groups in total. The number of nitrogens with two attached hydrogens (primary N) is 1. The van der Waals surface area contributed by atoms with Gasteiger partial charge in [0.15, 0.2) is 0 Å². The number of ketones is 1. The van der Waals surface area contributed by atoms with Crippen molar-refractivity contribution < 1.29 is 14.3 Å². The number of hydrogen-bond acceptors (Lipinski definition) is 4. The molecule has 1 aromatic carbocycles. The highest BCUT2D eigenvalue weighted by Gasteiger charge is 2.07. The first-order valence-electron chi connectivity index (χ1n) is 6.08. The van der Waals surface area contributed by atoms with Crippen LogP contribution in [0.4, 0.5) is 0 Å². The van der Waals surface area contributed by atoms with Crippen LogP contribution in [0.5, 0.6) is 0 Å². The number of ether oxygens (including phenoxy) is 1. The fourth-order valence-corrected chi connectivity index (χ4v) is 1.49. The number of Topliss-reactive ketones (excluding diaryl/α,β-unsaturated/α-hetero) is 1. The van der Waals surface area contributed by atoms with E-state index in [4.69, 9.17) is 5.73 Å². The lowest BCUT2D eigenvalue weighted by Crippen LogP contribution is -2.17. The van der Waals surface area contributed by atoms with E-state index < -0.39 is 5.97 Å². The van der Waals surface area contributed by atoms with Crippen LogP contribution in [0.1, 0.15) is 40.5 Å². The summed E-state index contributed by atoms with van der Waals surface area (Å²) in [5.41, 5.74) is 6.54. The van der Waals surface area contributed by atoms with Gasteiger partial charge in [-0.1, -0.05) is 19.3 Å². The molecule has 4 nitrogen and oxygen atoms in total. The zero-order valence-corrected chi connectivity index (χ0v) is 11.1. The Labute approximate surface area is 112 Å². The van der Waals surface area contributed by atoms with E-state index in [9.17, 15) is 9.59 Å². The molecule has 1 rings (SSSR count). The summed E-state index contributed by atoms with van der Waals surface area (Å²) in [6, 6.07) is 5.89. The number of carbonyl (C=O) groups is 2. The van der Waals surface area contributed by atoms with Gasteiger partial charge < -0.3 is 10.5 Å². The molecule has 0 spiro atoms. The van der Waals surface area contributed by atoms with Crippen LogP contribution in [-0.4, -0.2) is 24.9 Å². The molecule has 0 heterocycles. The van der Waals surface area contributed by atoms with Crippen molar-refractivity contribution in [2.24, 2.45) is 5.73 Å². The highest BCUT2D eigenvalue weighted by Crippen LogP contribution is 2.06. The SMILES string of the molecule is CCCC(N)C#CC(=O)c1ccc(C(=O)OC)cc1. The lowest BCUT2D eigenvalue weighted by Gasteiger charge is -2.00. The molecule has 0 fully saturated rings. The van der Waals surface area contributed by atoms with E-state index in [0.717, 1.165) is 12.8 Å². The van der Waals surface area contributed by atoms with Gasteiger partial charge in [-0.05, 0) is 36.6 Å². The molecular weight excluding hydrogens is 242 g/mol. The predicted molar refractivity (Wildman–Crippen MR) is 72.8 cm³/mol. The maximum atomic E-state index is 11.8. The third kappa shape index (κ3) is 4.57. The fraction of sp³-hybridized carbons (Fsp3) is 0.333. The summed E-state index contributed by atoms with van der Waals surface area (Å²) in [5, 5.41) is 0. The molecule has 4 heteroatoms. The number of carbonyl (C=O) groups excluding carboxylic acids is 2. The molecule has 0 aliphatic carbocycles. The molecule has 0 aromatic heterocycles. The molecule has 1 unspecified atom stereocenters. The van der Waals surface area contributed by atoms with Gasteiger partial charge in [0.2, 0.25) is 5.78 Å². The smallest absolute Gasteiger partial charge is 0.337 e. The average Bonchev–Trinajstić information content (AvgIpc) is 2.44. The Morgan fingerprint density at radius 2 is 1.84 bits per heavy atom. The fourth-order valence-electron chi connectivity index (χ4n) is 1.49. The highest BCUT2D eigenvalue weighted by molar-refractivity contribution is 6.09. The quantitative estimate of drug-likeness (QED) is 0.387. The van der Waals surface area contributed by atoms with Crippen LogP contribution in [0.15, 0.2) is 24.3 Å². The van der Waals surface area contributed by atoms with Crippen molar-refractivity contribution in [2.45, 2.75) is 25.8 Å². The molecular formula is C15H17NO3. The van der Waals surface area contributed by atoms with Crippen LogP contribution >= 0.6 is 0 Å². The van der Waals surface area contributed by atoms with E-state index in [-0.39, 0.29) is 11.8 Å². The predicted octanol–water partition coefficient (Wildman–Crippen LogP) is 1.79. The first-order valence-corrected chi connectivity index (χ1v) is 6.08.